The van der Waals surface area contributed by atoms with Crippen molar-refractivity contribution in [3.8, 4) is 0 Å². The molecule has 1 saturated heterocycles. The van der Waals surface area contributed by atoms with Gasteiger partial charge in [0.1, 0.15) is 0 Å². The van der Waals surface area contributed by atoms with E-state index in [-0.39, 0.29) is 5.91 Å². The molecule has 0 N–H and O–H groups in total. The van der Waals surface area contributed by atoms with Gasteiger partial charge in [-0.25, -0.2) is 4.98 Å². The average molecular weight is 305 g/mol. The summed E-state index contributed by atoms with van der Waals surface area (Å²) in [5.41, 5.74) is 1.09. The van der Waals surface area contributed by atoms with Crippen molar-refractivity contribution >= 4 is 39.8 Å². The Hall–Kier alpha value is -1.66. The predicted octanol–water partition coefficient (Wildman–Crippen LogP) is 2.57. The topological polar surface area (TPSA) is 36.4 Å². The summed E-state index contributed by atoms with van der Waals surface area (Å²) in [6.45, 7) is 3.22. The molecule has 0 unspecified atom stereocenters. The van der Waals surface area contributed by atoms with Crippen LogP contribution in [0.3, 0.4) is 0 Å². The number of hydrogen-bond acceptors (Lipinski definition) is 5. The van der Waals surface area contributed by atoms with Gasteiger partial charge in [0.15, 0.2) is 5.13 Å². The summed E-state index contributed by atoms with van der Waals surface area (Å²) < 4.78 is 0. The number of thiophene rings is 1. The monoisotopic (exact) mass is 305 g/mol. The van der Waals surface area contributed by atoms with Crippen LogP contribution >= 0.6 is 22.7 Å². The number of piperazine rings is 1. The Morgan fingerprint density at radius 3 is 2.75 bits per heavy atom. The Morgan fingerprint density at radius 2 is 2.10 bits per heavy atom. The summed E-state index contributed by atoms with van der Waals surface area (Å²) >= 11 is 3.28. The second kappa shape index (κ2) is 6.19. The summed E-state index contributed by atoms with van der Waals surface area (Å²) in [5, 5.41) is 7.07. The first-order valence-electron chi connectivity index (χ1n) is 6.46. The van der Waals surface area contributed by atoms with Gasteiger partial charge in [-0.05, 0) is 28.5 Å². The van der Waals surface area contributed by atoms with E-state index >= 15 is 0 Å². The highest BCUT2D eigenvalue weighted by Gasteiger charge is 2.20. The molecule has 4 nitrogen and oxygen atoms in total. The number of carbonyl (C=O) groups is 1. The molecule has 1 fully saturated rings. The van der Waals surface area contributed by atoms with Gasteiger partial charge in [0.2, 0.25) is 5.91 Å². The molecule has 0 radical (unpaired) electrons. The number of thiazole rings is 1. The van der Waals surface area contributed by atoms with E-state index in [2.05, 4.69) is 9.88 Å². The number of hydrogen-bond donors (Lipinski definition) is 0. The average Bonchev–Trinajstić information content (AvgIpc) is 3.18. The van der Waals surface area contributed by atoms with Crippen LogP contribution in [-0.2, 0) is 4.79 Å². The third-order valence-electron chi connectivity index (χ3n) is 3.24. The number of aromatic nitrogens is 1. The zero-order valence-corrected chi connectivity index (χ0v) is 12.6. The second-order valence-corrected chi connectivity index (χ2v) is 6.17. The van der Waals surface area contributed by atoms with Gasteiger partial charge in [0.05, 0.1) is 0 Å². The lowest BCUT2D eigenvalue weighted by molar-refractivity contribution is -0.126. The second-order valence-electron chi connectivity index (χ2n) is 4.52. The van der Waals surface area contributed by atoms with Gasteiger partial charge in [0, 0.05) is 43.8 Å². The first-order valence-corrected chi connectivity index (χ1v) is 8.29. The van der Waals surface area contributed by atoms with E-state index in [4.69, 9.17) is 0 Å². The van der Waals surface area contributed by atoms with E-state index in [1.807, 2.05) is 39.4 Å². The fourth-order valence-corrected chi connectivity index (χ4v) is 3.46. The Morgan fingerprint density at radius 1 is 1.25 bits per heavy atom. The largest absolute Gasteiger partial charge is 0.345 e. The number of amides is 1. The van der Waals surface area contributed by atoms with Crippen LogP contribution in [0.1, 0.15) is 5.56 Å². The van der Waals surface area contributed by atoms with Crippen LogP contribution in [0.5, 0.6) is 0 Å². The summed E-state index contributed by atoms with van der Waals surface area (Å²) in [7, 11) is 0. The summed E-state index contributed by atoms with van der Waals surface area (Å²) in [6, 6.07) is 2.01. The minimum Gasteiger partial charge on any atom is -0.345 e. The van der Waals surface area contributed by atoms with Crippen molar-refractivity contribution < 1.29 is 4.79 Å². The zero-order chi connectivity index (χ0) is 13.8. The highest BCUT2D eigenvalue weighted by molar-refractivity contribution is 7.13. The quantitative estimate of drug-likeness (QED) is 0.818. The van der Waals surface area contributed by atoms with Gasteiger partial charge < -0.3 is 9.80 Å². The molecule has 20 heavy (non-hydrogen) atoms. The molecule has 2 aromatic heterocycles. The van der Waals surface area contributed by atoms with E-state index in [1.165, 1.54) is 0 Å². The predicted molar refractivity (Wildman–Crippen MR) is 84.3 cm³/mol. The zero-order valence-electron chi connectivity index (χ0n) is 10.9. The highest BCUT2D eigenvalue weighted by Crippen LogP contribution is 2.19. The summed E-state index contributed by atoms with van der Waals surface area (Å²) in [5.74, 6) is 0.0926. The van der Waals surface area contributed by atoms with Crippen LogP contribution in [0.4, 0.5) is 5.13 Å². The third kappa shape index (κ3) is 3.08. The maximum absolute atomic E-state index is 12.1. The molecule has 0 aromatic carbocycles. The SMILES string of the molecule is O=C(/C=C\c1ccsc1)N1CCN(c2nccs2)CC1. The van der Waals surface area contributed by atoms with Crippen LogP contribution in [0, 0.1) is 0 Å². The molecule has 0 saturated carbocycles. The van der Waals surface area contributed by atoms with Gasteiger partial charge in [-0.1, -0.05) is 0 Å². The number of carbonyl (C=O) groups excluding carboxylic acids is 1. The first-order chi connectivity index (χ1) is 9.83. The van der Waals surface area contributed by atoms with Gasteiger partial charge in [-0.3, -0.25) is 4.79 Å². The van der Waals surface area contributed by atoms with Crippen molar-refractivity contribution in [2.45, 2.75) is 0 Å². The fourth-order valence-electron chi connectivity index (χ4n) is 2.13. The van der Waals surface area contributed by atoms with Crippen molar-refractivity contribution in [1.82, 2.24) is 9.88 Å². The lowest BCUT2D eigenvalue weighted by atomic mass is 10.2. The number of rotatable bonds is 3. The van der Waals surface area contributed by atoms with E-state index in [0.29, 0.717) is 0 Å². The van der Waals surface area contributed by atoms with Gasteiger partial charge in [0.25, 0.3) is 0 Å². The van der Waals surface area contributed by atoms with Crippen LogP contribution in [0.2, 0.25) is 0 Å². The van der Waals surface area contributed by atoms with E-state index < -0.39 is 0 Å². The molecular formula is C14H15N3OS2. The van der Waals surface area contributed by atoms with E-state index in [0.717, 1.165) is 36.9 Å². The smallest absolute Gasteiger partial charge is 0.246 e. The lowest BCUT2D eigenvalue weighted by Gasteiger charge is -2.34. The van der Waals surface area contributed by atoms with Gasteiger partial charge in [-0.15, -0.1) is 11.3 Å². The number of anilines is 1. The number of nitrogens with zero attached hydrogens (tertiary/aromatic N) is 3. The fraction of sp³-hybridized carbons (Fsp3) is 0.286. The third-order valence-corrected chi connectivity index (χ3v) is 4.78. The Labute approximate surface area is 126 Å². The first kappa shape index (κ1) is 13.3. The highest BCUT2D eigenvalue weighted by atomic mass is 32.1. The molecule has 0 atom stereocenters. The molecule has 1 amide bonds. The van der Waals surface area contributed by atoms with Crippen molar-refractivity contribution in [1.29, 1.82) is 0 Å². The lowest BCUT2D eigenvalue weighted by Crippen LogP contribution is -2.48. The molecule has 3 heterocycles. The maximum atomic E-state index is 12.1. The molecule has 2 aromatic rings. The van der Waals surface area contributed by atoms with Crippen LogP contribution in [0.15, 0.2) is 34.5 Å². The molecule has 0 bridgehead atoms. The molecule has 1 aliphatic rings. The van der Waals surface area contributed by atoms with Gasteiger partial charge in [-0.2, -0.15) is 11.3 Å². The summed E-state index contributed by atoms with van der Waals surface area (Å²) in [4.78, 5) is 20.5. The molecule has 0 aliphatic carbocycles. The maximum Gasteiger partial charge on any atom is 0.246 e. The Kier molecular flexibility index (Phi) is 4.13. The molecule has 6 heteroatoms. The van der Waals surface area contributed by atoms with Crippen molar-refractivity contribution in [2.75, 3.05) is 31.1 Å². The molecular weight excluding hydrogens is 290 g/mol. The van der Waals surface area contributed by atoms with Crippen LogP contribution in [-0.4, -0.2) is 42.0 Å². The van der Waals surface area contributed by atoms with Gasteiger partial charge >= 0.3 is 0 Å². The minimum absolute atomic E-state index is 0.0926. The molecule has 1 aliphatic heterocycles. The standard InChI is InChI=1S/C14H15N3OS2/c18-13(2-1-12-3-9-19-11-12)16-5-7-17(8-6-16)14-15-4-10-20-14/h1-4,9-11H,5-8H2/b2-1-. The van der Waals surface area contributed by atoms with Crippen molar-refractivity contribution in [2.24, 2.45) is 0 Å². The Balaban J connectivity index is 1.54. The molecule has 0 spiro atoms. The normalized spacial score (nSPS) is 16.0. The van der Waals surface area contributed by atoms with Crippen molar-refractivity contribution in [3.05, 3.63) is 40.0 Å². The minimum atomic E-state index is 0.0926. The van der Waals surface area contributed by atoms with Crippen LogP contribution < -0.4 is 4.90 Å². The Bertz CT molecular complexity index is 570. The van der Waals surface area contributed by atoms with Crippen LogP contribution in [0.25, 0.3) is 6.08 Å². The molecule has 104 valence electrons. The molecule has 3 rings (SSSR count). The summed E-state index contributed by atoms with van der Waals surface area (Å²) in [6.07, 6.45) is 5.37. The van der Waals surface area contributed by atoms with Crippen molar-refractivity contribution in [3.63, 3.8) is 0 Å². The van der Waals surface area contributed by atoms with E-state index in [1.54, 1.807) is 28.7 Å². The van der Waals surface area contributed by atoms with E-state index in [9.17, 15) is 4.79 Å².